The number of pyridine rings is 1. The molecule has 0 bridgehead atoms. The van der Waals surface area contributed by atoms with E-state index in [2.05, 4.69) is 56.1 Å². The molecule has 0 saturated carbocycles. The summed E-state index contributed by atoms with van der Waals surface area (Å²) >= 11 is 9.77. The maximum atomic E-state index is 6.31. The molecule has 1 aromatic heterocycles. The number of piperazine rings is 1. The highest BCUT2D eigenvalue weighted by atomic mass is 79.9. The van der Waals surface area contributed by atoms with Gasteiger partial charge in [0.05, 0.1) is 10.5 Å². The maximum absolute atomic E-state index is 6.31. The number of hydrogen-bond acceptors (Lipinski definition) is 4. The van der Waals surface area contributed by atoms with Crippen LogP contribution in [0.15, 0.2) is 28.7 Å². The summed E-state index contributed by atoms with van der Waals surface area (Å²) in [5.41, 5.74) is 0.840. The average molecular weight is 398 g/mol. The van der Waals surface area contributed by atoms with Gasteiger partial charge in [-0.05, 0) is 38.2 Å². The van der Waals surface area contributed by atoms with Gasteiger partial charge in [0.2, 0.25) is 0 Å². The second-order valence-corrected chi connectivity index (χ2v) is 7.63. The monoisotopic (exact) mass is 396 g/mol. The highest BCUT2D eigenvalue weighted by Crippen LogP contribution is 2.27. The summed E-state index contributed by atoms with van der Waals surface area (Å²) in [6.45, 7) is 7.78. The minimum Gasteiger partial charge on any atom is -0.366 e. The Hall–Kier alpha value is -0.880. The van der Waals surface area contributed by atoms with Gasteiger partial charge in [-0.15, -0.1) is 0 Å². The van der Waals surface area contributed by atoms with Crippen LogP contribution in [0.25, 0.3) is 10.9 Å². The molecule has 0 amide bonds. The SMILES string of the molecule is CC(CN1CCN(C)CC1)Nc1ccc2cc(Br)cc(Cl)c2n1. The van der Waals surface area contributed by atoms with Gasteiger partial charge in [-0.2, -0.15) is 0 Å². The molecule has 2 aromatic rings. The van der Waals surface area contributed by atoms with Crippen LogP contribution in [-0.2, 0) is 0 Å². The molecular formula is C17H22BrClN4. The van der Waals surface area contributed by atoms with Crippen molar-refractivity contribution in [2.75, 3.05) is 45.1 Å². The Morgan fingerprint density at radius 1 is 1.26 bits per heavy atom. The number of benzene rings is 1. The lowest BCUT2D eigenvalue weighted by Gasteiger charge is -2.34. The molecule has 1 atom stereocenters. The number of aromatic nitrogens is 1. The number of halogens is 2. The van der Waals surface area contributed by atoms with Crippen LogP contribution in [0.2, 0.25) is 5.02 Å². The molecule has 0 radical (unpaired) electrons. The zero-order chi connectivity index (χ0) is 16.4. The van der Waals surface area contributed by atoms with Crippen molar-refractivity contribution in [1.29, 1.82) is 0 Å². The quantitative estimate of drug-likeness (QED) is 0.852. The van der Waals surface area contributed by atoms with Crippen LogP contribution in [0, 0.1) is 0 Å². The first-order valence-corrected chi connectivity index (χ1v) is 9.11. The number of nitrogens with zero attached hydrogens (tertiary/aromatic N) is 3. The third kappa shape index (κ3) is 4.35. The van der Waals surface area contributed by atoms with E-state index < -0.39 is 0 Å². The molecule has 1 aliphatic heterocycles. The smallest absolute Gasteiger partial charge is 0.126 e. The highest BCUT2D eigenvalue weighted by molar-refractivity contribution is 9.10. The standard InChI is InChI=1S/C17H22BrClN4/c1-12(11-23-7-5-22(2)6-8-23)20-16-4-3-13-9-14(18)10-15(19)17(13)21-16/h3-4,9-10,12H,5-8,11H2,1-2H3,(H,20,21). The van der Waals surface area contributed by atoms with E-state index >= 15 is 0 Å². The Morgan fingerprint density at radius 2 is 2.00 bits per heavy atom. The molecular weight excluding hydrogens is 376 g/mol. The second kappa shape index (κ2) is 7.34. The van der Waals surface area contributed by atoms with Crippen molar-refractivity contribution in [2.24, 2.45) is 0 Å². The third-order valence-electron chi connectivity index (χ3n) is 4.23. The van der Waals surface area contributed by atoms with Crippen molar-refractivity contribution < 1.29 is 0 Å². The fraction of sp³-hybridized carbons (Fsp3) is 0.471. The van der Waals surface area contributed by atoms with Crippen LogP contribution in [0.3, 0.4) is 0 Å². The van der Waals surface area contributed by atoms with Gasteiger partial charge in [0.15, 0.2) is 0 Å². The molecule has 1 fully saturated rings. The van der Waals surface area contributed by atoms with Crippen molar-refractivity contribution in [1.82, 2.24) is 14.8 Å². The first-order chi connectivity index (χ1) is 11.0. The molecule has 4 nitrogen and oxygen atoms in total. The van der Waals surface area contributed by atoms with E-state index in [4.69, 9.17) is 11.6 Å². The summed E-state index contributed by atoms with van der Waals surface area (Å²) in [7, 11) is 2.18. The predicted octanol–water partition coefficient (Wildman–Crippen LogP) is 3.70. The summed E-state index contributed by atoms with van der Waals surface area (Å²) in [6.07, 6.45) is 0. The zero-order valence-corrected chi connectivity index (χ0v) is 15.9. The normalized spacial score (nSPS) is 18.3. The maximum Gasteiger partial charge on any atom is 0.126 e. The van der Waals surface area contributed by atoms with E-state index in [0.717, 1.165) is 53.9 Å². The van der Waals surface area contributed by atoms with Crippen LogP contribution in [-0.4, -0.2) is 60.6 Å². The Labute approximate surface area is 150 Å². The van der Waals surface area contributed by atoms with Gasteiger partial charge in [0.25, 0.3) is 0 Å². The molecule has 1 N–H and O–H groups in total. The van der Waals surface area contributed by atoms with Crippen LogP contribution >= 0.6 is 27.5 Å². The summed E-state index contributed by atoms with van der Waals surface area (Å²) in [4.78, 5) is 9.55. The predicted molar refractivity (Wildman–Crippen MR) is 101 cm³/mol. The average Bonchev–Trinajstić information content (AvgIpc) is 2.50. The van der Waals surface area contributed by atoms with E-state index in [1.54, 1.807) is 0 Å². The second-order valence-electron chi connectivity index (χ2n) is 6.31. The van der Waals surface area contributed by atoms with Crippen molar-refractivity contribution in [3.05, 3.63) is 33.8 Å². The minimum atomic E-state index is 0.345. The van der Waals surface area contributed by atoms with Crippen LogP contribution in [0.1, 0.15) is 6.92 Å². The van der Waals surface area contributed by atoms with Gasteiger partial charge < -0.3 is 10.2 Å². The third-order valence-corrected chi connectivity index (χ3v) is 4.98. The highest BCUT2D eigenvalue weighted by Gasteiger charge is 2.16. The molecule has 1 aliphatic rings. The van der Waals surface area contributed by atoms with Crippen molar-refractivity contribution in [2.45, 2.75) is 13.0 Å². The fourth-order valence-corrected chi connectivity index (χ4v) is 3.83. The Bertz CT molecular complexity index is 686. The van der Waals surface area contributed by atoms with Gasteiger partial charge in [-0.25, -0.2) is 4.98 Å². The summed E-state index contributed by atoms with van der Waals surface area (Å²) in [5.74, 6) is 0.878. The molecule has 3 rings (SSSR count). The number of hydrogen-bond donors (Lipinski definition) is 1. The molecule has 0 aliphatic carbocycles. The molecule has 1 aromatic carbocycles. The molecule has 1 saturated heterocycles. The van der Waals surface area contributed by atoms with E-state index in [0.29, 0.717) is 11.1 Å². The number of anilines is 1. The lowest BCUT2D eigenvalue weighted by molar-refractivity contribution is 0.151. The van der Waals surface area contributed by atoms with Gasteiger partial charge in [-0.1, -0.05) is 27.5 Å². The lowest BCUT2D eigenvalue weighted by Crippen LogP contribution is -2.47. The van der Waals surface area contributed by atoms with Gasteiger partial charge >= 0.3 is 0 Å². The number of fused-ring (bicyclic) bond motifs is 1. The van der Waals surface area contributed by atoms with E-state index in [1.165, 1.54) is 0 Å². The van der Waals surface area contributed by atoms with E-state index in [1.807, 2.05) is 18.2 Å². The topological polar surface area (TPSA) is 31.4 Å². The molecule has 124 valence electrons. The lowest BCUT2D eigenvalue weighted by atomic mass is 10.2. The Kier molecular flexibility index (Phi) is 5.42. The van der Waals surface area contributed by atoms with Gasteiger partial charge in [-0.3, -0.25) is 4.90 Å². The van der Waals surface area contributed by atoms with Gasteiger partial charge in [0.1, 0.15) is 5.82 Å². The van der Waals surface area contributed by atoms with E-state index in [9.17, 15) is 0 Å². The van der Waals surface area contributed by atoms with E-state index in [-0.39, 0.29) is 0 Å². The summed E-state index contributed by atoms with van der Waals surface area (Å²) in [6, 6.07) is 8.34. The molecule has 6 heteroatoms. The van der Waals surface area contributed by atoms with Crippen molar-refractivity contribution >= 4 is 44.3 Å². The van der Waals surface area contributed by atoms with Gasteiger partial charge in [0, 0.05) is 48.6 Å². The Morgan fingerprint density at radius 3 is 2.74 bits per heavy atom. The molecule has 2 heterocycles. The molecule has 23 heavy (non-hydrogen) atoms. The first-order valence-electron chi connectivity index (χ1n) is 7.94. The molecule has 0 spiro atoms. The number of likely N-dealkylation sites (N-methyl/N-ethyl adjacent to an activating group) is 1. The first kappa shape index (κ1) is 17.0. The fourth-order valence-electron chi connectivity index (χ4n) is 2.95. The summed E-state index contributed by atoms with van der Waals surface area (Å²) < 4.78 is 0.973. The zero-order valence-electron chi connectivity index (χ0n) is 13.5. The van der Waals surface area contributed by atoms with Crippen LogP contribution in [0.5, 0.6) is 0 Å². The summed E-state index contributed by atoms with van der Waals surface area (Å²) in [5, 5.41) is 5.21. The van der Waals surface area contributed by atoms with Crippen molar-refractivity contribution in [3.8, 4) is 0 Å². The van der Waals surface area contributed by atoms with Crippen molar-refractivity contribution in [3.63, 3.8) is 0 Å². The molecule has 1 unspecified atom stereocenters. The van der Waals surface area contributed by atoms with Crippen LogP contribution in [0.4, 0.5) is 5.82 Å². The minimum absolute atomic E-state index is 0.345. The largest absolute Gasteiger partial charge is 0.366 e. The number of nitrogens with one attached hydrogen (secondary N) is 1. The Balaban J connectivity index is 1.66. The van der Waals surface area contributed by atoms with Crippen LogP contribution < -0.4 is 5.32 Å². The number of rotatable bonds is 4.